The zero-order valence-corrected chi connectivity index (χ0v) is 14.6. The molecule has 11 heteroatoms. The quantitative estimate of drug-likeness (QED) is 0.807. The third-order valence-corrected chi connectivity index (χ3v) is 4.25. The molecule has 1 aliphatic rings. The van der Waals surface area contributed by atoms with Gasteiger partial charge in [0.15, 0.2) is 5.69 Å². The minimum Gasteiger partial charge on any atom is -0.357 e. The van der Waals surface area contributed by atoms with E-state index in [-0.39, 0.29) is 31.2 Å². The molecule has 0 radical (unpaired) electrons. The van der Waals surface area contributed by atoms with Gasteiger partial charge in [-0.25, -0.2) is 0 Å². The van der Waals surface area contributed by atoms with Crippen LogP contribution in [0.4, 0.5) is 13.2 Å². The number of halogens is 3. The fourth-order valence-corrected chi connectivity index (χ4v) is 2.79. The Labute approximate surface area is 147 Å². The Hall–Kier alpha value is -2.59. The molecule has 0 saturated carbocycles. The number of rotatable bonds is 3. The Kier molecular flexibility index (Phi) is 5.57. The first-order chi connectivity index (χ1) is 12.0. The van der Waals surface area contributed by atoms with Crippen LogP contribution < -0.4 is 5.32 Å². The van der Waals surface area contributed by atoms with Gasteiger partial charge in [0.2, 0.25) is 17.7 Å². The van der Waals surface area contributed by atoms with Crippen LogP contribution in [0.25, 0.3) is 0 Å². The van der Waals surface area contributed by atoms with Crippen LogP contribution in [-0.2, 0) is 27.1 Å². The molecule has 1 fully saturated rings. The van der Waals surface area contributed by atoms with E-state index < -0.39 is 36.3 Å². The van der Waals surface area contributed by atoms with Crippen molar-refractivity contribution in [1.82, 2.24) is 24.9 Å². The summed E-state index contributed by atoms with van der Waals surface area (Å²) in [5, 5.41) is 5.86. The fourth-order valence-electron chi connectivity index (χ4n) is 2.79. The molecule has 0 spiro atoms. The summed E-state index contributed by atoms with van der Waals surface area (Å²) in [6.45, 7) is 2.76. The van der Waals surface area contributed by atoms with E-state index in [2.05, 4.69) is 10.4 Å². The number of likely N-dealkylation sites (N-methyl/N-ethyl adjacent to an activating group) is 1. The molecule has 1 aromatic heterocycles. The van der Waals surface area contributed by atoms with Crippen molar-refractivity contribution in [3.8, 4) is 0 Å². The highest BCUT2D eigenvalue weighted by Gasteiger charge is 2.37. The van der Waals surface area contributed by atoms with Crippen LogP contribution in [0.5, 0.6) is 0 Å². The Bertz CT molecular complexity index is 716. The summed E-state index contributed by atoms with van der Waals surface area (Å²) in [6, 6.07) is -0.0416. The Morgan fingerprint density at radius 2 is 1.96 bits per heavy atom. The topological polar surface area (TPSA) is 87.5 Å². The van der Waals surface area contributed by atoms with Gasteiger partial charge in [-0.05, 0) is 13.0 Å². The number of hydrogen-bond acceptors (Lipinski definition) is 4. The summed E-state index contributed by atoms with van der Waals surface area (Å²) in [6.07, 6.45) is -4.60. The molecule has 0 bridgehead atoms. The number of alkyl halides is 3. The van der Waals surface area contributed by atoms with Crippen LogP contribution >= 0.6 is 0 Å². The summed E-state index contributed by atoms with van der Waals surface area (Å²) >= 11 is 0. The van der Waals surface area contributed by atoms with Gasteiger partial charge in [-0.1, -0.05) is 0 Å². The maximum atomic E-state index is 12.7. The second-order valence-corrected chi connectivity index (χ2v) is 6.01. The van der Waals surface area contributed by atoms with E-state index in [1.165, 1.54) is 30.7 Å². The molecule has 8 nitrogen and oxygen atoms in total. The van der Waals surface area contributed by atoms with Crippen molar-refractivity contribution in [2.45, 2.75) is 32.6 Å². The minimum atomic E-state index is -4.60. The lowest BCUT2D eigenvalue weighted by atomic mass is 10.1. The van der Waals surface area contributed by atoms with Crippen LogP contribution in [-0.4, -0.2) is 70.0 Å². The van der Waals surface area contributed by atoms with E-state index in [1.54, 1.807) is 0 Å². The molecule has 2 heterocycles. The van der Waals surface area contributed by atoms with Gasteiger partial charge in [0.1, 0.15) is 12.6 Å². The molecule has 1 aliphatic heterocycles. The minimum absolute atomic E-state index is 0.0344. The number of aromatic nitrogens is 2. The molecule has 3 amide bonds. The molecular weight excluding hydrogens is 355 g/mol. The van der Waals surface area contributed by atoms with E-state index in [9.17, 15) is 27.6 Å². The van der Waals surface area contributed by atoms with Crippen molar-refractivity contribution in [3.63, 3.8) is 0 Å². The number of aryl methyl sites for hydroxylation is 1. The van der Waals surface area contributed by atoms with Crippen LogP contribution in [0.1, 0.15) is 18.3 Å². The van der Waals surface area contributed by atoms with Crippen molar-refractivity contribution in [2.75, 3.05) is 26.7 Å². The van der Waals surface area contributed by atoms with Crippen molar-refractivity contribution in [2.24, 2.45) is 0 Å². The number of amides is 3. The summed E-state index contributed by atoms with van der Waals surface area (Å²) in [4.78, 5) is 38.9. The van der Waals surface area contributed by atoms with Crippen LogP contribution in [0.2, 0.25) is 0 Å². The highest BCUT2D eigenvalue weighted by Crippen LogP contribution is 2.28. The Morgan fingerprint density at radius 3 is 2.46 bits per heavy atom. The monoisotopic (exact) mass is 375 g/mol. The zero-order chi connectivity index (χ0) is 19.6. The number of hydrogen-bond donors (Lipinski definition) is 1. The molecule has 1 unspecified atom stereocenters. The molecule has 1 saturated heterocycles. The van der Waals surface area contributed by atoms with Crippen LogP contribution in [0.15, 0.2) is 6.07 Å². The molecule has 2 rings (SSSR count). The second kappa shape index (κ2) is 7.34. The number of carbonyl (C=O) groups is 3. The van der Waals surface area contributed by atoms with Gasteiger partial charge in [-0.15, -0.1) is 0 Å². The van der Waals surface area contributed by atoms with Crippen molar-refractivity contribution < 1.29 is 27.6 Å². The number of carbonyl (C=O) groups excluding carboxylic acids is 3. The van der Waals surface area contributed by atoms with Gasteiger partial charge >= 0.3 is 6.18 Å². The molecular formula is C15H20F3N5O3. The fraction of sp³-hybridized carbons (Fsp3) is 0.600. The van der Waals surface area contributed by atoms with E-state index >= 15 is 0 Å². The van der Waals surface area contributed by atoms with Gasteiger partial charge in [0, 0.05) is 32.8 Å². The van der Waals surface area contributed by atoms with Gasteiger partial charge in [-0.2, -0.15) is 18.3 Å². The molecule has 1 N–H and O–H groups in total. The summed E-state index contributed by atoms with van der Waals surface area (Å²) in [5.74, 6) is -1.21. The van der Waals surface area contributed by atoms with E-state index in [4.69, 9.17) is 0 Å². The van der Waals surface area contributed by atoms with E-state index in [1.807, 2.05) is 0 Å². The molecule has 0 aliphatic carbocycles. The average Bonchev–Trinajstić information content (AvgIpc) is 2.94. The van der Waals surface area contributed by atoms with Gasteiger partial charge in [-0.3, -0.25) is 19.1 Å². The summed E-state index contributed by atoms with van der Waals surface area (Å²) in [7, 11) is 1.41. The molecule has 1 atom stereocenters. The first-order valence-corrected chi connectivity index (χ1v) is 7.92. The maximum absolute atomic E-state index is 12.7. The molecule has 26 heavy (non-hydrogen) atoms. The predicted molar refractivity (Wildman–Crippen MR) is 83.8 cm³/mol. The normalized spacial score (nSPS) is 18.0. The first kappa shape index (κ1) is 19.7. The predicted octanol–water partition coefficient (Wildman–Crippen LogP) is 0.0156. The van der Waals surface area contributed by atoms with Crippen LogP contribution in [0.3, 0.4) is 0 Å². The molecule has 144 valence electrons. The van der Waals surface area contributed by atoms with Gasteiger partial charge < -0.3 is 15.1 Å². The highest BCUT2D eigenvalue weighted by atomic mass is 19.4. The highest BCUT2D eigenvalue weighted by molar-refractivity contribution is 5.88. The molecule has 1 aromatic rings. The summed E-state index contributed by atoms with van der Waals surface area (Å²) < 4.78 is 39.2. The summed E-state index contributed by atoms with van der Waals surface area (Å²) in [5.41, 5.74) is -0.892. The second-order valence-electron chi connectivity index (χ2n) is 6.01. The standard InChI is InChI=1S/C15H20F3N5O3/c1-9-6-12(15(16,17)18)20-23(9)8-13(25)22-5-4-21(10(2)24)7-11(22)14(26)19-3/h6,11H,4-5,7-8H2,1-3H3,(H,19,26). The Morgan fingerprint density at radius 1 is 1.31 bits per heavy atom. The van der Waals surface area contributed by atoms with E-state index in [0.29, 0.717) is 0 Å². The SMILES string of the molecule is CNC(=O)C1CN(C(C)=O)CCN1C(=O)Cn1nc(C(F)(F)F)cc1C. The van der Waals surface area contributed by atoms with Crippen molar-refractivity contribution in [1.29, 1.82) is 0 Å². The maximum Gasteiger partial charge on any atom is 0.435 e. The third kappa shape index (κ3) is 4.14. The van der Waals surface area contributed by atoms with Crippen LogP contribution in [0, 0.1) is 6.92 Å². The smallest absolute Gasteiger partial charge is 0.357 e. The molecule has 0 aromatic carbocycles. The number of nitrogens with zero attached hydrogens (tertiary/aromatic N) is 4. The number of nitrogens with one attached hydrogen (secondary N) is 1. The third-order valence-electron chi connectivity index (χ3n) is 4.25. The van der Waals surface area contributed by atoms with Crippen molar-refractivity contribution >= 4 is 17.7 Å². The first-order valence-electron chi connectivity index (χ1n) is 7.92. The lowest BCUT2D eigenvalue weighted by Crippen LogP contribution is -2.61. The largest absolute Gasteiger partial charge is 0.435 e. The number of piperazine rings is 1. The zero-order valence-electron chi connectivity index (χ0n) is 14.6. The van der Waals surface area contributed by atoms with E-state index in [0.717, 1.165) is 10.7 Å². The Balaban J connectivity index is 2.18. The lowest BCUT2D eigenvalue weighted by Gasteiger charge is -2.40. The van der Waals surface area contributed by atoms with Crippen molar-refractivity contribution in [3.05, 3.63) is 17.5 Å². The van der Waals surface area contributed by atoms with Gasteiger partial charge in [0.25, 0.3) is 0 Å². The van der Waals surface area contributed by atoms with Gasteiger partial charge in [0.05, 0.1) is 6.54 Å². The average molecular weight is 375 g/mol. The lowest BCUT2D eigenvalue weighted by molar-refractivity contribution is -0.148.